The van der Waals surface area contributed by atoms with Crippen LogP contribution in [0.3, 0.4) is 0 Å². The number of nitrogens with one attached hydrogen (secondary N) is 3. The highest BCUT2D eigenvalue weighted by molar-refractivity contribution is 5.85. The first-order valence-electron chi connectivity index (χ1n) is 9.97. The van der Waals surface area contributed by atoms with Gasteiger partial charge in [0.25, 0.3) is 0 Å². The Balaban J connectivity index is 0.000000533. The summed E-state index contributed by atoms with van der Waals surface area (Å²) in [4.78, 5) is 17.0. The molecule has 0 saturated carbocycles. The third kappa shape index (κ3) is 3.75. The highest BCUT2D eigenvalue weighted by Gasteiger charge is 2.11. The van der Waals surface area contributed by atoms with E-state index in [2.05, 4.69) is 79.0 Å². The molecule has 5 nitrogen and oxygen atoms in total. The summed E-state index contributed by atoms with van der Waals surface area (Å²) in [7, 11) is 0. The van der Waals surface area contributed by atoms with Crippen molar-refractivity contribution in [2.45, 2.75) is 59.8 Å². The Morgan fingerprint density at radius 3 is 2.18 bits per heavy atom. The SMILES string of the molecule is CCC(C)c1ccc(C)c2[nH]c(=O)[nH]c12.Cc1ccc(C(C)C)c2cn[nH]c12.[HH].[HH].[HH]. The van der Waals surface area contributed by atoms with Crippen molar-refractivity contribution >= 4 is 21.9 Å². The molecule has 0 aliphatic carbocycles. The van der Waals surface area contributed by atoms with E-state index in [0.29, 0.717) is 11.8 Å². The van der Waals surface area contributed by atoms with Crippen molar-refractivity contribution in [3.8, 4) is 0 Å². The largest absolute Gasteiger partial charge is 0.323 e. The van der Waals surface area contributed by atoms with Crippen molar-refractivity contribution in [3.05, 3.63) is 63.2 Å². The molecule has 154 valence electrons. The third-order valence-corrected chi connectivity index (χ3v) is 5.55. The molecular formula is C23H36N4O. The molecule has 2 heterocycles. The zero-order chi connectivity index (χ0) is 20.4. The number of fused-ring (bicyclic) bond motifs is 2. The normalized spacial score (nSPS) is 12.4. The molecule has 0 aliphatic rings. The molecule has 1 atom stereocenters. The Kier molecular flexibility index (Phi) is 5.73. The number of benzene rings is 2. The zero-order valence-corrected chi connectivity index (χ0v) is 17.6. The average molecular weight is 385 g/mol. The molecule has 2 aromatic heterocycles. The second-order valence-corrected chi connectivity index (χ2v) is 7.90. The quantitative estimate of drug-likeness (QED) is 0.381. The minimum Gasteiger partial charge on any atom is -0.305 e. The summed E-state index contributed by atoms with van der Waals surface area (Å²) in [5.41, 5.74) is 7.92. The van der Waals surface area contributed by atoms with Crippen LogP contribution in [0.5, 0.6) is 0 Å². The summed E-state index contributed by atoms with van der Waals surface area (Å²) in [5.74, 6) is 1.03. The Morgan fingerprint density at radius 1 is 0.929 bits per heavy atom. The van der Waals surface area contributed by atoms with E-state index in [1.54, 1.807) is 0 Å². The standard InChI is InChI=1S/C12H16N2O.C11H14N2.3H2/c1-4-7(2)9-6-5-8(3)10-11(9)14-12(15)13-10;1-7(2)9-5-4-8(3)11-10(9)6-12-13-11;;;/h5-7H,4H2,1-3H3,(H2,13,14,15);4-7H,1-3H3,(H,12,13);3*1H. The van der Waals surface area contributed by atoms with Crippen molar-refractivity contribution in [2.24, 2.45) is 0 Å². The van der Waals surface area contributed by atoms with Gasteiger partial charge in [0, 0.05) is 9.67 Å². The topological polar surface area (TPSA) is 77.3 Å². The van der Waals surface area contributed by atoms with E-state index >= 15 is 0 Å². The monoisotopic (exact) mass is 384 g/mol. The summed E-state index contributed by atoms with van der Waals surface area (Å²) in [6.07, 6.45) is 2.99. The second kappa shape index (κ2) is 8.05. The molecule has 28 heavy (non-hydrogen) atoms. The Morgan fingerprint density at radius 2 is 1.54 bits per heavy atom. The highest BCUT2D eigenvalue weighted by Crippen LogP contribution is 2.27. The lowest BCUT2D eigenvalue weighted by Crippen LogP contribution is -2.00. The second-order valence-electron chi connectivity index (χ2n) is 7.90. The van der Waals surface area contributed by atoms with E-state index in [9.17, 15) is 4.79 Å². The lowest BCUT2D eigenvalue weighted by molar-refractivity contribution is 0.738. The highest BCUT2D eigenvalue weighted by atomic mass is 16.1. The van der Waals surface area contributed by atoms with Crippen LogP contribution in [0, 0.1) is 13.8 Å². The fraction of sp³-hybridized carbons (Fsp3) is 0.391. The number of nitrogens with zero attached hydrogens (tertiary/aromatic N) is 1. The van der Waals surface area contributed by atoms with E-state index in [0.717, 1.165) is 23.0 Å². The van der Waals surface area contributed by atoms with Gasteiger partial charge in [-0.2, -0.15) is 5.10 Å². The molecule has 0 bridgehead atoms. The molecule has 1 unspecified atom stereocenters. The Bertz CT molecular complexity index is 1160. The Hall–Kier alpha value is -2.82. The first-order valence-corrected chi connectivity index (χ1v) is 9.97. The van der Waals surface area contributed by atoms with Crippen LogP contribution in [0.4, 0.5) is 0 Å². The maximum absolute atomic E-state index is 11.3. The van der Waals surface area contributed by atoms with Gasteiger partial charge in [0.2, 0.25) is 0 Å². The van der Waals surface area contributed by atoms with Crippen LogP contribution in [-0.2, 0) is 0 Å². The average Bonchev–Trinajstić information content (AvgIpc) is 3.29. The summed E-state index contributed by atoms with van der Waals surface area (Å²) in [6, 6.07) is 8.51. The van der Waals surface area contributed by atoms with E-state index < -0.39 is 0 Å². The molecule has 0 saturated heterocycles. The maximum Gasteiger partial charge on any atom is 0.323 e. The number of hydrogen-bond donors (Lipinski definition) is 3. The maximum atomic E-state index is 11.3. The third-order valence-electron chi connectivity index (χ3n) is 5.55. The Labute approximate surface area is 170 Å². The molecule has 0 spiro atoms. The number of hydrogen-bond acceptors (Lipinski definition) is 2. The first-order chi connectivity index (χ1) is 13.3. The fourth-order valence-corrected chi connectivity index (χ4v) is 3.60. The summed E-state index contributed by atoms with van der Waals surface area (Å²) >= 11 is 0. The molecule has 5 heteroatoms. The van der Waals surface area contributed by atoms with E-state index in [-0.39, 0.29) is 9.97 Å². The molecule has 0 aliphatic heterocycles. The zero-order valence-electron chi connectivity index (χ0n) is 17.6. The van der Waals surface area contributed by atoms with Gasteiger partial charge < -0.3 is 9.97 Å². The lowest BCUT2D eigenvalue weighted by atomic mass is 9.96. The molecule has 0 fully saturated rings. The number of H-pyrrole nitrogens is 3. The molecule has 2 aromatic carbocycles. The van der Waals surface area contributed by atoms with Crippen molar-refractivity contribution in [1.82, 2.24) is 20.2 Å². The van der Waals surface area contributed by atoms with Crippen LogP contribution in [0.15, 0.2) is 35.3 Å². The van der Waals surface area contributed by atoms with Crippen LogP contribution in [-0.4, -0.2) is 20.2 Å². The predicted molar refractivity (Wildman–Crippen MR) is 124 cm³/mol. The van der Waals surface area contributed by atoms with E-state index in [4.69, 9.17) is 0 Å². The molecule has 4 rings (SSSR count). The van der Waals surface area contributed by atoms with Gasteiger partial charge in [-0.3, -0.25) is 5.10 Å². The van der Waals surface area contributed by atoms with E-state index in [1.165, 1.54) is 27.6 Å². The van der Waals surface area contributed by atoms with Crippen molar-refractivity contribution in [2.75, 3.05) is 0 Å². The van der Waals surface area contributed by atoms with Gasteiger partial charge in [-0.05, 0) is 54.4 Å². The van der Waals surface area contributed by atoms with Gasteiger partial charge in [-0.1, -0.05) is 52.0 Å². The van der Waals surface area contributed by atoms with Gasteiger partial charge in [0.1, 0.15) is 0 Å². The van der Waals surface area contributed by atoms with E-state index in [1.807, 2.05) is 13.1 Å². The van der Waals surface area contributed by atoms with Gasteiger partial charge in [0.05, 0.1) is 22.7 Å². The number of aryl methyl sites for hydroxylation is 2. The number of imidazole rings is 1. The van der Waals surface area contributed by atoms with Crippen LogP contribution < -0.4 is 5.69 Å². The number of aromatic nitrogens is 4. The summed E-state index contributed by atoms with van der Waals surface area (Å²) < 4.78 is 0. The smallest absolute Gasteiger partial charge is 0.305 e. The number of aromatic amines is 3. The van der Waals surface area contributed by atoms with Gasteiger partial charge in [-0.15, -0.1) is 0 Å². The first kappa shape index (κ1) is 19.9. The molecule has 3 N–H and O–H groups in total. The molecule has 0 amide bonds. The minimum absolute atomic E-state index is 0. The van der Waals surface area contributed by atoms with Crippen molar-refractivity contribution in [1.29, 1.82) is 0 Å². The summed E-state index contributed by atoms with van der Waals surface area (Å²) in [5, 5.41) is 8.37. The lowest BCUT2D eigenvalue weighted by Gasteiger charge is -2.10. The summed E-state index contributed by atoms with van der Waals surface area (Å²) in [6.45, 7) is 12.8. The van der Waals surface area contributed by atoms with Crippen molar-refractivity contribution in [3.63, 3.8) is 0 Å². The van der Waals surface area contributed by atoms with Crippen LogP contribution in [0.2, 0.25) is 0 Å². The molecular weight excluding hydrogens is 348 g/mol. The fourth-order valence-electron chi connectivity index (χ4n) is 3.60. The van der Waals surface area contributed by atoms with Gasteiger partial charge in [-0.25, -0.2) is 4.79 Å². The van der Waals surface area contributed by atoms with Crippen LogP contribution in [0.25, 0.3) is 21.9 Å². The number of rotatable bonds is 3. The van der Waals surface area contributed by atoms with Gasteiger partial charge >= 0.3 is 5.69 Å². The molecule has 4 aromatic rings. The minimum atomic E-state index is -0.121. The van der Waals surface area contributed by atoms with Crippen LogP contribution >= 0.6 is 0 Å². The molecule has 0 radical (unpaired) electrons. The van der Waals surface area contributed by atoms with Crippen LogP contribution in [0.1, 0.15) is 72.5 Å². The van der Waals surface area contributed by atoms with Gasteiger partial charge in [0.15, 0.2) is 0 Å². The predicted octanol–water partition coefficient (Wildman–Crippen LogP) is 6.41. The van der Waals surface area contributed by atoms with Crippen molar-refractivity contribution < 1.29 is 4.28 Å².